The Morgan fingerprint density at radius 2 is 1.65 bits per heavy atom. The van der Waals surface area contributed by atoms with Crippen LogP contribution in [-0.2, 0) is 9.59 Å². The van der Waals surface area contributed by atoms with E-state index in [-0.39, 0.29) is 17.3 Å². The third-order valence-electron chi connectivity index (χ3n) is 4.19. The summed E-state index contributed by atoms with van der Waals surface area (Å²) in [7, 11) is 0. The van der Waals surface area contributed by atoms with Crippen molar-refractivity contribution in [2.24, 2.45) is 0 Å². The second-order valence-electron chi connectivity index (χ2n) is 6.45. The maximum atomic E-state index is 14.5. The molecule has 31 heavy (non-hydrogen) atoms. The lowest BCUT2D eigenvalue weighted by Crippen LogP contribution is -2.21. The second-order valence-corrected chi connectivity index (χ2v) is 6.45. The van der Waals surface area contributed by atoms with Crippen LogP contribution in [0.5, 0.6) is 11.6 Å². The van der Waals surface area contributed by atoms with Crippen molar-refractivity contribution < 1.29 is 23.1 Å². The van der Waals surface area contributed by atoms with Gasteiger partial charge in [0.05, 0.1) is 5.39 Å². The number of nitrogens with zero attached hydrogens (tertiary/aromatic N) is 2. The van der Waals surface area contributed by atoms with Gasteiger partial charge in [0.1, 0.15) is 24.2 Å². The number of amides is 2. The zero-order valence-corrected chi connectivity index (χ0v) is 15.9. The maximum absolute atomic E-state index is 14.5. The normalized spacial score (nSPS) is 10.6. The number of halogens is 2. The van der Waals surface area contributed by atoms with Gasteiger partial charge in [0.15, 0.2) is 11.6 Å². The molecule has 0 bridgehead atoms. The summed E-state index contributed by atoms with van der Waals surface area (Å²) in [5, 5.41) is 5.50. The first-order valence-corrected chi connectivity index (χ1v) is 9.09. The molecular weight excluding hydrogens is 408 g/mol. The van der Waals surface area contributed by atoms with E-state index in [4.69, 9.17) is 4.74 Å². The molecule has 2 heterocycles. The molecule has 0 spiro atoms. The quantitative estimate of drug-likeness (QED) is 0.406. The Labute approximate surface area is 174 Å². The van der Waals surface area contributed by atoms with E-state index < -0.39 is 29.9 Å². The minimum Gasteiger partial charge on any atom is -0.435 e. The van der Waals surface area contributed by atoms with Gasteiger partial charge in [0, 0.05) is 23.6 Å². The van der Waals surface area contributed by atoms with Crippen LogP contribution in [-0.4, -0.2) is 26.8 Å². The van der Waals surface area contributed by atoms with Crippen molar-refractivity contribution in [2.75, 3.05) is 10.6 Å². The maximum Gasteiger partial charge on any atom is 0.233 e. The predicted molar refractivity (Wildman–Crippen MR) is 109 cm³/mol. The van der Waals surface area contributed by atoms with Gasteiger partial charge in [-0.1, -0.05) is 0 Å². The van der Waals surface area contributed by atoms with Crippen molar-refractivity contribution in [3.05, 3.63) is 72.7 Å². The lowest BCUT2D eigenvalue weighted by Gasteiger charge is -2.10. The van der Waals surface area contributed by atoms with Gasteiger partial charge in [-0.15, -0.1) is 0 Å². The minimum absolute atomic E-state index is 0.0896. The van der Waals surface area contributed by atoms with Gasteiger partial charge in [0.25, 0.3) is 0 Å². The summed E-state index contributed by atoms with van der Waals surface area (Å²) in [6.07, 6.45) is 2.45. The fraction of sp³-hybridized carbons (Fsp3) is 0.0476. The molecule has 0 saturated carbocycles. The van der Waals surface area contributed by atoms with E-state index in [1.807, 2.05) is 0 Å². The number of carbonyl (C=O) groups excluding carboxylic acids is 2. The summed E-state index contributed by atoms with van der Waals surface area (Å²) in [5.41, 5.74) is 1.06. The van der Waals surface area contributed by atoms with Crippen LogP contribution in [0.25, 0.3) is 11.0 Å². The van der Waals surface area contributed by atoms with Crippen LogP contribution in [0.4, 0.5) is 20.2 Å². The summed E-state index contributed by atoms with van der Waals surface area (Å²) in [6.45, 7) is 0. The molecule has 10 heteroatoms. The van der Waals surface area contributed by atoms with Crippen molar-refractivity contribution in [3.63, 3.8) is 0 Å². The number of aromatic nitrogens is 3. The number of H-pyrrole nitrogens is 1. The van der Waals surface area contributed by atoms with Crippen LogP contribution in [0, 0.1) is 11.6 Å². The first-order valence-electron chi connectivity index (χ1n) is 9.09. The van der Waals surface area contributed by atoms with Crippen molar-refractivity contribution in [3.8, 4) is 11.6 Å². The SMILES string of the molecule is O=C(CC(=O)Nc1ccc(Oc2ncnc3[nH]ccc23)c(F)c1)Nc1ccc(F)cc1. The van der Waals surface area contributed by atoms with Gasteiger partial charge in [-0.3, -0.25) is 9.59 Å². The van der Waals surface area contributed by atoms with E-state index in [2.05, 4.69) is 25.6 Å². The molecule has 4 rings (SSSR count). The molecule has 3 N–H and O–H groups in total. The number of aromatic amines is 1. The highest BCUT2D eigenvalue weighted by Crippen LogP contribution is 2.29. The van der Waals surface area contributed by atoms with E-state index in [1.165, 1.54) is 42.7 Å². The predicted octanol–water partition coefficient (Wildman–Crippen LogP) is 4.00. The number of fused-ring (bicyclic) bond motifs is 1. The number of hydrogen-bond donors (Lipinski definition) is 3. The minimum atomic E-state index is -0.726. The third-order valence-corrected chi connectivity index (χ3v) is 4.19. The molecule has 0 aliphatic carbocycles. The summed E-state index contributed by atoms with van der Waals surface area (Å²) in [6, 6.07) is 10.7. The molecule has 4 aromatic rings. The first kappa shape index (κ1) is 20.0. The fourth-order valence-corrected chi connectivity index (χ4v) is 2.78. The molecule has 0 saturated heterocycles. The number of rotatable bonds is 6. The van der Waals surface area contributed by atoms with E-state index in [0.717, 1.165) is 6.07 Å². The molecule has 0 radical (unpaired) electrons. The molecule has 0 aliphatic rings. The molecule has 0 fully saturated rings. The second kappa shape index (κ2) is 8.57. The average molecular weight is 423 g/mol. The van der Waals surface area contributed by atoms with Crippen molar-refractivity contribution >= 4 is 34.2 Å². The van der Waals surface area contributed by atoms with Crippen LogP contribution < -0.4 is 15.4 Å². The van der Waals surface area contributed by atoms with Crippen LogP contribution >= 0.6 is 0 Å². The van der Waals surface area contributed by atoms with E-state index in [9.17, 15) is 18.4 Å². The topological polar surface area (TPSA) is 109 Å². The smallest absolute Gasteiger partial charge is 0.233 e. The average Bonchev–Trinajstić information content (AvgIpc) is 3.21. The Morgan fingerprint density at radius 1 is 0.935 bits per heavy atom. The molecule has 2 aromatic carbocycles. The number of benzene rings is 2. The van der Waals surface area contributed by atoms with E-state index in [0.29, 0.717) is 16.7 Å². The first-order chi connectivity index (χ1) is 15.0. The Kier molecular flexibility index (Phi) is 5.52. The summed E-state index contributed by atoms with van der Waals surface area (Å²) < 4.78 is 32.9. The summed E-state index contributed by atoms with van der Waals surface area (Å²) in [5.74, 6) is -2.31. The molecule has 2 aromatic heterocycles. The number of nitrogens with one attached hydrogen (secondary N) is 3. The monoisotopic (exact) mass is 423 g/mol. The Bertz CT molecular complexity index is 1260. The Hall–Kier alpha value is -4.34. The lowest BCUT2D eigenvalue weighted by molar-refractivity contribution is -0.123. The largest absolute Gasteiger partial charge is 0.435 e. The van der Waals surface area contributed by atoms with Gasteiger partial charge in [0.2, 0.25) is 17.7 Å². The molecule has 0 aliphatic heterocycles. The highest BCUT2D eigenvalue weighted by atomic mass is 19.1. The zero-order chi connectivity index (χ0) is 21.8. The van der Waals surface area contributed by atoms with Gasteiger partial charge in [-0.2, -0.15) is 0 Å². The molecule has 0 unspecified atom stereocenters. The summed E-state index contributed by atoms with van der Waals surface area (Å²) in [4.78, 5) is 34.9. The van der Waals surface area contributed by atoms with Crippen LogP contribution in [0.2, 0.25) is 0 Å². The summed E-state index contributed by atoms with van der Waals surface area (Å²) >= 11 is 0. The third kappa shape index (κ3) is 4.81. The molecule has 0 atom stereocenters. The van der Waals surface area contributed by atoms with Crippen molar-refractivity contribution in [1.29, 1.82) is 0 Å². The zero-order valence-electron chi connectivity index (χ0n) is 15.9. The highest BCUT2D eigenvalue weighted by Gasteiger charge is 2.14. The fourth-order valence-electron chi connectivity index (χ4n) is 2.78. The standard InChI is InChI=1S/C21H15F2N5O3/c22-12-1-3-13(4-2-12)27-18(29)10-19(30)28-14-5-6-17(16(23)9-14)31-21-15-7-8-24-20(15)25-11-26-21/h1-9,11H,10H2,(H,27,29)(H,28,30)(H,24,25,26). The van der Waals surface area contributed by atoms with Crippen molar-refractivity contribution in [2.45, 2.75) is 6.42 Å². The highest BCUT2D eigenvalue weighted by molar-refractivity contribution is 6.08. The molecule has 2 amide bonds. The van der Waals surface area contributed by atoms with Gasteiger partial charge in [-0.05, 0) is 42.5 Å². The van der Waals surface area contributed by atoms with E-state index >= 15 is 0 Å². The molecule has 156 valence electrons. The lowest BCUT2D eigenvalue weighted by atomic mass is 10.2. The molecular formula is C21H15F2N5O3. The van der Waals surface area contributed by atoms with Gasteiger partial charge < -0.3 is 20.4 Å². The van der Waals surface area contributed by atoms with Gasteiger partial charge >= 0.3 is 0 Å². The number of carbonyl (C=O) groups is 2. The van der Waals surface area contributed by atoms with E-state index in [1.54, 1.807) is 12.3 Å². The van der Waals surface area contributed by atoms with Crippen LogP contribution in [0.1, 0.15) is 6.42 Å². The van der Waals surface area contributed by atoms with Crippen LogP contribution in [0.15, 0.2) is 61.1 Å². The Balaban J connectivity index is 1.37. The van der Waals surface area contributed by atoms with Crippen molar-refractivity contribution in [1.82, 2.24) is 15.0 Å². The Morgan fingerprint density at radius 3 is 2.39 bits per heavy atom. The molecule has 8 nitrogen and oxygen atoms in total. The number of hydrogen-bond acceptors (Lipinski definition) is 5. The number of ether oxygens (including phenoxy) is 1. The number of anilines is 2. The van der Waals surface area contributed by atoms with Gasteiger partial charge in [-0.25, -0.2) is 18.7 Å². The van der Waals surface area contributed by atoms with Crippen LogP contribution in [0.3, 0.4) is 0 Å².